The van der Waals surface area contributed by atoms with Gasteiger partial charge in [-0.05, 0) is 31.0 Å². The Hall–Kier alpha value is -2.01. The molecule has 2 aromatic rings. The van der Waals surface area contributed by atoms with Gasteiger partial charge >= 0.3 is 0 Å². The van der Waals surface area contributed by atoms with Crippen LogP contribution in [0.3, 0.4) is 0 Å². The van der Waals surface area contributed by atoms with Crippen LogP contribution < -0.4 is 14.8 Å². The minimum Gasteiger partial charge on any atom is -0.493 e. The summed E-state index contributed by atoms with van der Waals surface area (Å²) in [6, 6.07) is 6.71. The zero-order chi connectivity index (χ0) is 15.7. The maximum atomic E-state index is 5.56. The van der Waals surface area contributed by atoms with Crippen molar-refractivity contribution in [3.63, 3.8) is 0 Å². The number of aryl methyl sites for hydroxylation is 2. The molecule has 1 aliphatic heterocycles. The first-order chi connectivity index (χ1) is 10.6. The van der Waals surface area contributed by atoms with Gasteiger partial charge in [0.2, 0.25) is 5.88 Å². The van der Waals surface area contributed by atoms with E-state index in [-0.39, 0.29) is 6.04 Å². The second-order valence-corrected chi connectivity index (χ2v) is 5.77. The van der Waals surface area contributed by atoms with Crippen molar-refractivity contribution < 1.29 is 9.47 Å². The highest BCUT2D eigenvalue weighted by Gasteiger charge is 2.17. The number of nitrogens with zero attached hydrogens (tertiary/aromatic N) is 2. The van der Waals surface area contributed by atoms with E-state index in [1.165, 1.54) is 11.1 Å². The number of hydrogen-bond acceptors (Lipinski definition) is 4. The highest BCUT2D eigenvalue weighted by Crippen LogP contribution is 2.28. The van der Waals surface area contributed by atoms with Crippen LogP contribution in [0.25, 0.3) is 0 Å². The highest BCUT2D eigenvalue weighted by molar-refractivity contribution is 5.40. The molecule has 118 valence electrons. The van der Waals surface area contributed by atoms with Gasteiger partial charge in [-0.1, -0.05) is 12.1 Å². The Bertz CT molecular complexity index is 679. The van der Waals surface area contributed by atoms with Crippen molar-refractivity contribution in [3.8, 4) is 11.6 Å². The standard InChI is InChI=1S/C17H23N3O2/c1-11(13-5-6-16-14(9-13)7-8-22-16)18-10-15-12(2)19-20(3)17(15)21-4/h5-6,9,11,18H,7-8,10H2,1-4H3/t11-/m0/s1. The molecule has 2 heterocycles. The van der Waals surface area contributed by atoms with Crippen LogP contribution in [0.4, 0.5) is 0 Å². The van der Waals surface area contributed by atoms with Crippen LogP contribution in [0.1, 0.15) is 35.3 Å². The first-order valence-electron chi connectivity index (χ1n) is 7.65. The normalized spacial score (nSPS) is 14.5. The van der Waals surface area contributed by atoms with Crippen LogP contribution in [0.2, 0.25) is 0 Å². The molecule has 22 heavy (non-hydrogen) atoms. The van der Waals surface area contributed by atoms with E-state index in [9.17, 15) is 0 Å². The summed E-state index contributed by atoms with van der Waals surface area (Å²) in [7, 11) is 3.59. The Morgan fingerprint density at radius 2 is 2.27 bits per heavy atom. The predicted molar refractivity (Wildman–Crippen MR) is 85.4 cm³/mol. The number of ether oxygens (including phenoxy) is 2. The Morgan fingerprint density at radius 1 is 1.45 bits per heavy atom. The maximum Gasteiger partial charge on any atom is 0.216 e. The Balaban J connectivity index is 1.71. The maximum absolute atomic E-state index is 5.56. The molecule has 1 aromatic carbocycles. The molecule has 0 saturated carbocycles. The smallest absolute Gasteiger partial charge is 0.216 e. The molecule has 0 radical (unpaired) electrons. The third-order valence-electron chi connectivity index (χ3n) is 4.28. The summed E-state index contributed by atoms with van der Waals surface area (Å²) in [5.74, 6) is 1.85. The molecular weight excluding hydrogens is 278 g/mol. The Kier molecular flexibility index (Phi) is 4.07. The largest absolute Gasteiger partial charge is 0.493 e. The summed E-state index contributed by atoms with van der Waals surface area (Å²) in [6.07, 6.45) is 1.01. The molecule has 0 fully saturated rings. The molecule has 0 spiro atoms. The van der Waals surface area contributed by atoms with Gasteiger partial charge in [-0.15, -0.1) is 0 Å². The lowest BCUT2D eigenvalue weighted by molar-refractivity contribution is 0.356. The molecule has 0 saturated heterocycles. The lowest BCUT2D eigenvalue weighted by Crippen LogP contribution is -2.19. The summed E-state index contributed by atoms with van der Waals surface area (Å²) in [6.45, 7) is 5.72. The van der Waals surface area contributed by atoms with Gasteiger partial charge in [-0.2, -0.15) is 5.10 Å². The van der Waals surface area contributed by atoms with Crippen LogP contribution >= 0.6 is 0 Å². The van der Waals surface area contributed by atoms with E-state index in [1.807, 2.05) is 14.0 Å². The summed E-state index contributed by atoms with van der Waals surface area (Å²) >= 11 is 0. The lowest BCUT2D eigenvalue weighted by atomic mass is 10.0. The van der Waals surface area contributed by atoms with Crippen molar-refractivity contribution >= 4 is 0 Å². The molecule has 0 unspecified atom stereocenters. The molecule has 1 atom stereocenters. The van der Waals surface area contributed by atoms with Crippen LogP contribution in [-0.2, 0) is 20.0 Å². The number of fused-ring (bicyclic) bond motifs is 1. The summed E-state index contributed by atoms with van der Waals surface area (Å²) in [5.41, 5.74) is 4.70. The first-order valence-corrected chi connectivity index (χ1v) is 7.65. The van der Waals surface area contributed by atoms with E-state index in [2.05, 4.69) is 35.5 Å². The zero-order valence-electron chi connectivity index (χ0n) is 13.6. The van der Waals surface area contributed by atoms with Crippen LogP contribution in [0.15, 0.2) is 18.2 Å². The van der Waals surface area contributed by atoms with Gasteiger partial charge in [-0.25, -0.2) is 4.68 Å². The van der Waals surface area contributed by atoms with Gasteiger partial charge < -0.3 is 14.8 Å². The molecule has 0 aliphatic carbocycles. The van der Waals surface area contributed by atoms with E-state index in [1.54, 1.807) is 11.8 Å². The fourth-order valence-corrected chi connectivity index (χ4v) is 2.99. The van der Waals surface area contributed by atoms with Gasteiger partial charge in [0, 0.05) is 26.1 Å². The molecule has 0 amide bonds. The van der Waals surface area contributed by atoms with Crippen molar-refractivity contribution in [1.29, 1.82) is 0 Å². The van der Waals surface area contributed by atoms with Gasteiger partial charge in [0.15, 0.2) is 0 Å². The summed E-state index contributed by atoms with van der Waals surface area (Å²) < 4.78 is 12.8. The number of rotatable bonds is 5. The SMILES string of the molecule is COc1c(CN[C@@H](C)c2ccc3c(c2)CCO3)c(C)nn1C. The van der Waals surface area contributed by atoms with E-state index < -0.39 is 0 Å². The van der Waals surface area contributed by atoms with Crippen LogP contribution in [0.5, 0.6) is 11.6 Å². The van der Waals surface area contributed by atoms with E-state index in [0.717, 1.165) is 42.5 Å². The first kappa shape index (κ1) is 14.9. The van der Waals surface area contributed by atoms with Gasteiger partial charge in [-0.3, -0.25) is 0 Å². The van der Waals surface area contributed by atoms with Gasteiger partial charge in [0.1, 0.15) is 5.75 Å². The highest BCUT2D eigenvalue weighted by atomic mass is 16.5. The molecule has 0 bridgehead atoms. The molecule has 1 aliphatic rings. The fraction of sp³-hybridized carbons (Fsp3) is 0.471. The van der Waals surface area contributed by atoms with E-state index in [4.69, 9.17) is 9.47 Å². The average Bonchev–Trinajstić information content (AvgIpc) is 3.07. The van der Waals surface area contributed by atoms with Crippen LogP contribution in [-0.4, -0.2) is 23.5 Å². The van der Waals surface area contributed by atoms with Crippen molar-refractivity contribution in [3.05, 3.63) is 40.6 Å². The number of methoxy groups -OCH3 is 1. The molecule has 5 heteroatoms. The van der Waals surface area contributed by atoms with Gasteiger partial charge in [0.25, 0.3) is 0 Å². The number of hydrogen-bond donors (Lipinski definition) is 1. The third-order valence-corrected chi connectivity index (χ3v) is 4.28. The minimum atomic E-state index is 0.259. The molecule has 1 aromatic heterocycles. The fourth-order valence-electron chi connectivity index (χ4n) is 2.99. The van der Waals surface area contributed by atoms with Gasteiger partial charge in [0.05, 0.1) is 25.0 Å². The van der Waals surface area contributed by atoms with Crippen molar-refractivity contribution in [2.45, 2.75) is 32.9 Å². The Labute approximate surface area is 131 Å². The van der Waals surface area contributed by atoms with Crippen molar-refractivity contribution in [2.24, 2.45) is 7.05 Å². The third kappa shape index (κ3) is 2.68. The summed E-state index contributed by atoms with van der Waals surface area (Å²) in [5, 5.41) is 7.98. The summed E-state index contributed by atoms with van der Waals surface area (Å²) in [4.78, 5) is 0. The molecule has 5 nitrogen and oxygen atoms in total. The monoisotopic (exact) mass is 301 g/mol. The minimum absolute atomic E-state index is 0.259. The number of aromatic nitrogens is 2. The average molecular weight is 301 g/mol. The van der Waals surface area contributed by atoms with Crippen molar-refractivity contribution in [2.75, 3.05) is 13.7 Å². The number of nitrogens with one attached hydrogen (secondary N) is 1. The Morgan fingerprint density at radius 3 is 3.05 bits per heavy atom. The molecule has 1 N–H and O–H groups in total. The second kappa shape index (κ2) is 6.01. The van der Waals surface area contributed by atoms with E-state index >= 15 is 0 Å². The zero-order valence-corrected chi connectivity index (χ0v) is 13.6. The van der Waals surface area contributed by atoms with E-state index in [0.29, 0.717) is 0 Å². The van der Waals surface area contributed by atoms with Crippen LogP contribution in [0, 0.1) is 6.92 Å². The topological polar surface area (TPSA) is 48.3 Å². The predicted octanol–water partition coefficient (Wildman–Crippen LogP) is 2.52. The lowest BCUT2D eigenvalue weighted by Gasteiger charge is -2.15. The molecule has 3 rings (SSSR count). The second-order valence-electron chi connectivity index (χ2n) is 5.77. The van der Waals surface area contributed by atoms with Crippen molar-refractivity contribution in [1.82, 2.24) is 15.1 Å². The molecular formula is C17H23N3O2. The number of benzene rings is 1. The quantitative estimate of drug-likeness (QED) is 0.922.